The molecule has 158 valence electrons. The SMILES string of the molecule is Cc1cc(S(C)(=O)=O)cc(S(=O)(=O)Oc2cccc(O)c2OCc2ccccc2)c1. The first kappa shape index (κ1) is 21.7. The molecule has 0 aliphatic carbocycles. The summed E-state index contributed by atoms with van der Waals surface area (Å²) in [5.74, 6) is -0.644. The Bertz CT molecular complexity index is 1270. The molecule has 7 nitrogen and oxygen atoms in total. The van der Waals surface area contributed by atoms with E-state index in [1.807, 2.05) is 30.3 Å². The second kappa shape index (κ2) is 8.37. The minimum atomic E-state index is -4.40. The summed E-state index contributed by atoms with van der Waals surface area (Å²) in [4.78, 5) is -0.457. The lowest BCUT2D eigenvalue weighted by atomic mass is 10.2. The second-order valence-electron chi connectivity index (χ2n) is 6.67. The Morgan fingerprint density at radius 1 is 0.867 bits per heavy atom. The number of hydrogen-bond donors (Lipinski definition) is 1. The maximum absolute atomic E-state index is 12.8. The first-order valence-electron chi connectivity index (χ1n) is 8.81. The molecule has 0 atom stereocenters. The molecular weight excluding hydrogens is 428 g/mol. The number of rotatable bonds is 7. The largest absolute Gasteiger partial charge is 0.504 e. The van der Waals surface area contributed by atoms with Crippen molar-refractivity contribution in [2.75, 3.05) is 6.26 Å². The molecule has 0 heterocycles. The van der Waals surface area contributed by atoms with E-state index < -0.39 is 20.0 Å². The first-order valence-corrected chi connectivity index (χ1v) is 12.1. The molecule has 1 N–H and O–H groups in total. The molecule has 0 saturated carbocycles. The van der Waals surface area contributed by atoms with Crippen LogP contribution in [0.1, 0.15) is 11.1 Å². The Morgan fingerprint density at radius 2 is 1.53 bits per heavy atom. The quantitative estimate of drug-likeness (QED) is 0.552. The minimum Gasteiger partial charge on any atom is -0.504 e. The molecule has 0 unspecified atom stereocenters. The van der Waals surface area contributed by atoms with Crippen molar-refractivity contribution in [3.05, 3.63) is 77.9 Å². The Morgan fingerprint density at radius 3 is 2.20 bits per heavy atom. The summed E-state index contributed by atoms with van der Waals surface area (Å²) in [6.45, 7) is 1.66. The molecule has 0 bridgehead atoms. The summed E-state index contributed by atoms with van der Waals surface area (Å²) in [7, 11) is -8.02. The highest BCUT2D eigenvalue weighted by Crippen LogP contribution is 2.38. The van der Waals surface area contributed by atoms with Crippen molar-refractivity contribution in [2.24, 2.45) is 0 Å². The lowest BCUT2D eigenvalue weighted by Gasteiger charge is -2.14. The number of para-hydroxylation sites is 1. The molecule has 0 aliphatic heterocycles. The summed E-state index contributed by atoms with van der Waals surface area (Å²) in [6.07, 6.45) is 0.990. The van der Waals surface area contributed by atoms with E-state index in [4.69, 9.17) is 8.92 Å². The van der Waals surface area contributed by atoms with Gasteiger partial charge in [-0.1, -0.05) is 36.4 Å². The Hall–Kier alpha value is -3.04. The maximum atomic E-state index is 12.8. The van der Waals surface area contributed by atoms with Crippen LogP contribution in [-0.4, -0.2) is 28.2 Å². The molecule has 0 radical (unpaired) electrons. The van der Waals surface area contributed by atoms with Crippen LogP contribution in [0.5, 0.6) is 17.2 Å². The monoisotopic (exact) mass is 448 g/mol. The molecule has 3 aromatic carbocycles. The van der Waals surface area contributed by atoms with Gasteiger partial charge in [0, 0.05) is 6.26 Å². The number of aryl methyl sites for hydroxylation is 1. The number of phenolic OH excluding ortho intramolecular Hbond substituents is 1. The van der Waals surface area contributed by atoms with Gasteiger partial charge in [-0.2, -0.15) is 8.42 Å². The van der Waals surface area contributed by atoms with Crippen molar-refractivity contribution in [2.45, 2.75) is 23.3 Å². The van der Waals surface area contributed by atoms with Gasteiger partial charge in [-0.3, -0.25) is 0 Å². The molecule has 0 amide bonds. The second-order valence-corrected chi connectivity index (χ2v) is 10.2. The summed E-state index contributed by atoms with van der Waals surface area (Å²) >= 11 is 0. The van der Waals surface area contributed by atoms with Gasteiger partial charge in [0.05, 0.1) is 4.90 Å². The normalized spacial score (nSPS) is 11.8. The zero-order valence-corrected chi connectivity index (χ0v) is 17.9. The zero-order valence-electron chi connectivity index (χ0n) is 16.3. The highest BCUT2D eigenvalue weighted by Gasteiger charge is 2.23. The van der Waals surface area contributed by atoms with Crippen molar-refractivity contribution in [1.29, 1.82) is 0 Å². The third-order valence-electron chi connectivity index (χ3n) is 4.12. The van der Waals surface area contributed by atoms with Crippen LogP contribution in [0.25, 0.3) is 0 Å². The van der Waals surface area contributed by atoms with Gasteiger partial charge in [-0.15, -0.1) is 0 Å². The summed E-state index contributed by atoms with van der Waals surface area (Å²) in [6, 6.07) is 16.9. The van der Waals surface area contributed by atoms with E-state index >= 15 is 0 Å². The predicted molar refractivity (Wildman–Crippen MR) is 111 cm³/mol. The van der Waals surface area contributed by atoms with Crippen LogP contribution in [0.4, 0.5) is 0 Å². The van der Waals surface area contributed by atoms with Crippen LogP contribution < -0.4 is 8.92 Å². The van der Waals surface area contributed by atoms with Gasteiger partial charge in [0.25, 0.3) is 0 Å². The van der Waals surface area contributed by atoms with E-state index in [-0.39, 0.29) is 33.6 Å². The van der Waals surface area contributed by atoms with Gasteiger partial charge >= 0.3 is 10.1 Å². The summed E-state index contributed by atoms with van der Waals surface area (Å²) < 4.78 is 60.1. The van der Waals surface area contributed by atoms with Crippen molar-refractivity contribution < 1.29 is 30.9 Å². The number of sulfone groups is 1. The van der Waals surface area contributed by atoms with Crippen molar-refractivity contribution in [3.63, 3.8) is 0 Å². The first-order chi connectivity index (χ1) is 14.1. The summed E-state index contributed by atoms with van der Waals surface area (Å²) in [5, 5.41) is 10.2. The molecular formula is C21H20O7S2. The van der Waals surface area contributed by atoms with Crippen LogP contribution in [0, 0.1) is 6.92 Å². The van der Waals surface area contributed by atoms with Crippen LogP contribution in [0.2, 0.25) is 0 Å². The number of benzene rings is 3. The number of aromatic hydroxyl groups is 1. The van der Waals surface area contributed by atoms with E-state index in [1.54, 1.807) is 6.92 Å². The van der Waals surface area contributed by atoms with Gasteiger partial charge in [0.2, 0.25) is 5.75 Å². The molecule has 0 fully saturated rings. The Labute approximate surface area is 175 Å². The maximum Gasteiger partial charge on any atom is 0.339 e. The topological polar surface area (TPSA) is 107 Å². The van der Waals surface area contributed by atoms with Crippen molar-refractivity contribution in [1.82, 2.24) is 0 Å². The van der Waals surface area contributed by atoms with Crippen LogP contribution in [-0.2, 0) is 26.6 Å². The molecule has 3 rings (SSSR count). The van der Waals surface area contributed by atoms with Gasteiger partial charge in [-0.05, 0) is 48.4 Å². The number of phenols is 1. The fraction of sp³-hybridized carbons (Fsp3) is 0.143. The van der Waals surface area contributed by atoms with Gasteiger partial charge in [0.1, 0.15) is 11.5 Å². The van der Waals surface area contributed by atoms with Gasteiger partial charge < -0.3 is 14.0 Å². The average molecular weight is 449 g/mol. The fourth-order valence-electron chi connectivity index (χ4n) is 2.68. The highest BCUT2D eigenvalue weighted by atomic mass is 32.2. The van der Waals surface area contributed by atoms with E-state index in [0.717, 1.165) is 17.9 Å². The van der Waals surface area contributed by atoms with E-state index in [2.05, 4.69) is 0 Å². The molecule has 0 saturated heterocycles. The minimum absolute atomic E-state index is 0.0808. The Balaban J connectivity index is 1.94. The molecule has 3 aromatic rings. The number of hydrogen-bond acceptors (Lipinski definition) is 7. The lowest BCUT2D eigenvalue weighted by Crippen LogP contribution is -2.12. The third-order valence-corrected chi connectivity index (χ3v) is 6.43. The molecule has 9 heteroatoms. The predicted octanol–water partition coefficient (Wildman–Crippen LogP) is 3.45. The summed E-state index contributed by atoms with van der Waals surface area (Å²) in [5.41, 5.74) is 1.25. The van der Waals surface area contributed by atoms with E-state index in [1.165, 1.54) is 30.3 Å². The third kappa shape index (κ3) is 5.11. The van der Waals surface area contributed by atoms with Gasteiger partial charge in [0.15, 0.2) is 21.3 Å². The zero-order chi connectivity index (χ0) is 21.9. The van der Waals surface area contributed by atoms with Gasteiger partial charge in [-0.25, -0.2) is 8.42 Å². The smallest absolute Gasteiger partial charge is 0.339 e. The molecule has 0 aliphatic rings. The standard InChI is InChI=1S/C21H20O7S2/c1-15-11-17(29(2,23)24)13-18(12-15)30(25,26)28-20-10-6-9-19(22)21(20)27-14-16-7-4-3-5-8-16/h3-13,22H,14H2,1-2H3. The lowest BCUT2D eigenvalue weighted by molar-refractivity contribution is 0.279. The van der Waals surface area contributed by atoms with Crippen molar-refractivity contribution in [3.8, 4) is 17.2 Å². The molecule has 30 heavy (non-hydrogen) atoms. The fourth-order valence-corrected chi connectivity index (χ4v) is 4.56. The van der Waals surface area contributed by atoms with E-state index in [0.29, 0.717) is 5.56 Å². The molecule has 0 aromatic heterocycles. The highest BCUT2D eigenvalue weighted by molar-refractivity contribution is 7.90. The number of ether oxygens (including phenoxy) is 1. The van der Waals surface area contributed by atoms with Crippen LogP contribution >= 0.6 is 0 Å². The average Bonchev–Trinajstić information content (AvgIpc) is 2.67. The van der Waals surface area contributed by atoms with Crippen LogP contribution in [0.3, 0.4) is 0 Å². The van der Waals surface area contributed by atoms with Crippen molar-refractivity contribution >= 4 is 20.0 Å². The van der Waals surface area contributed by atoms with E-state index in [9.17, 15) is 21.9 Å². The molecule has 0 spiro atoms. The Kier molecular flexibility index (Phi) is 6.04. The van der Waals surface area contributed by atoms with Crippen LogP contribution in [0.15, 0.2) is 76.5 Å².